The van der Waals surface area contributed by atoms with E-state index in [1.54, 1.807) is 14.2 Å². The van der Waals surface area contributed by atoms with E-state index in [4.69, 9.17) is 9.47 Å². The monoisotopic (exact) mass is 692 g/mol. The average molecular weight is 693 g/mol. The fraction of sp³-hybridized carbons (Fsp3) is 0.174. The summed E-state index contributed by atoms with van der Waals surface area (Å²) in [7, 11) is 1.64. The standard InChI is InChI=1S/C46H46O2P2/c1-4-5-6-7-8-12-23-36-24-19-20-33-42(36)50(39-29-17-11-18-30-39)44-35-22-32-41(48-3)46(44)45-40(47-2)31-21-34-43(45)49(37-25-13-9-14-26-37)38-27-15-10-16-28-38/h9-35H,4-8H2,1-3H3/b23-12+. The molecule has 6 aromatic carbocycles. The molecule has 0 saturated heterocycles. The van der Waals surface area contributed by atoms with Gasteiger partial charge in [-0.25, -0.2) is 0 Å². The Morgan fingerprint density at radius 3 is 1.44 bits per heavy atom. The highest BCUT2D eigenvalue weighted by Crippen LogP contribution is 2.47. The van der Waals surface area contributed by atoms with Gasteiger partial charge >= 0.3 is 0 Å². The highest BCUT2D eigenvalue weighted by Gasteiger charge is 2.30. The molecule has 6 rings (SSSR count). The SMILES string of the molecule is CCCCCC/C=C/c1ccccc1P(c1ccccc1)c1cccc(OC)c1-c1c(OC)cccc1P(c1ccccc1)c1ccccc1. The number of hydrogen-bond acceptors (Lipinski definition) is 2. The van der Waals surface area contributed by atoms with Crippen LogP contribution >= 0.6 is 15.8 Å². The van der Waals surface area contributed by atoms with Crippen molar-refractivity contribution in [3.63, 3.8) is 0 Å². The zero-order chi connectivity index (χ0) is 34.5. The molecule has 0 saturated carbocycles. The van der Waals surface area contributed by atoms with E-state index < -0.39 is 15.8 Å². The van der Waals surface area contributed by atoms with Crippen molar-refractivity contribution in [3.8, 4) is 22.6 Å². The van der Waals surface area contributed by atoms with Crippen molar-refractivity contribution in [2.75, 3.05) is 14.2 Å². The van der Waals surface area contributed by atoms with E-state index in [2.05, 4.69) is 171 Å². The molecule has 50 heavy (non-hydrogen) atoms. The van der Waals surface area contributed by atoms with Crippen molar-refractivity contribution in [1.29, 1.82) is 0 Å². The molecule has 0 radical (unpaired) electrons. The topological polar surface area (TPSA) is 18.5 Å². The van der Waals surface area contributed by atoms with Gasteiger partial charge < -0.3 is 9.47 Å². The van der Waals surface area contributed by atoms with E-state index in [9.17, 15) is 0 Å². The summed E-state index contributed by atoms with van der Waals surface area (Å²) in [5.74, 6) is 1.69. The summed E-state index contributed by atoms with van der Waals surface area (Å²) in [6.07, 6.45) is 10.9. The summed E-state index contributed by atoms with van der Waals surface area (Å²) in [5, 5.41) is 7.70. The second-order valence-electron chi connectivity index (χ2n) is 12.2. The maximum Gasteiger partial charge on any atom is 0.127 e. The Morgan fingerprint density at radius 1 is 0.460 bits per heavy atom. The van der Waals surface area contributed by atoms with E-state index in [0.29, 0.717) is 0 Å². The van der Waals surface area contributed by atoms with Gasteiger partial charge in [0.15, 0.2) is 0 Å². The fourth-order valence-corrected chi connectivity index (χ4v) is 11.6. The number of hydrogen-bond donors (Lipinski definition) is 0. The van der Waals surface area contributed by atoms with Crippen molar-refractivity contribution in [2.45, 2.75) is 39.0 Å². The number of allylic oxidation sites excluding steroid dienone is 1. The molecule has 0 fully saturated rings. The Labute approximate surface area is 301 Å². The lowest BCUT2D eigenvalue weighted by Gasteiger charge is -2.29. The highest BCUT2D eigenvalue weighted by molar-refractivity contribution is 7.81. The van der Waals surface area contributed by atoms with Gasteiger partial charge in [-0.1, -0.05) is 178 Å². The van der Waals surface area contributed by atoms with Crippen LogP contribution in [0.3, 0.4) is 0 Å². The van der Waals surface area contributed by atoms with Gasteiger partial charge in [-0.05, 0) is 78.2 Å². The quantitative estimate of drug-likeness (QED) is 0.0788. The third-order valence-corrected chi connectivity index (χ3v) is 14.0. The minimum absolute atomic E-state index is 0.843. The molecule has 1 unspecified atom stereocenters. The predicted octanol–water partition coefficient (Wildman–Crippen LogP) is 9.87. The fourth-order valence-electron chi connectivity index (χ4n) is 6.55. The summed E-state index contributed by atoms with van der Waals surface area (Å²) in [6, 6.07) is 54.8. The molecule has 252 valence electrons. The maximum absolute atomic E-state index is 6.30. The van der Waals surface area contributed by atoms with Crippen LogP contribution in [0, 0.1) is 0 Å². The third kappa shape index (κ3) is 8.11. The number of ether oxygens (including phenoxy) is 2. The molecule has 6 aromatic rings. The Hall–Kier alpha value is -4.48. The van der Waals surface area contributed by atoms with Gasteiger partial charge in [0.2, 0.25) is 0 Å². The smallest absolute Gasteiger partial charge is 0.127 e. The highest BCUT2D eigenvalue weighted by atomic mass is 31.1. The van der Waals surface area contributed by atoms with Crippen LogP contribution in [0.1, 0.15) is 44.6 Å². The predicted molar refractivity (Wildman–Crippen MR) is 220 cm³/mol. The minimum Gasteiger partial charge on any atom is -0.496 e. The molecule has 0 heterocycles. The Balaban J connectivity index is 1.61. The third-order valence-electron chi connectivity index (χ3n) is 8.92. The number of rotatable bonds is 15. The molecular weight excluding hydrogens is 646 g/mol. The second kappa shape index (κ2) is 18.0. The molecule has 0 spiro atoms. The lowest BCUT2D eigenvalue weighted by molar-refractivity contribution is 0.411. The van der Waals surface area contributed by atoms with Crippen LogP contribution in [-0.4, -0.2) is 14.2 Å². The molecule has 4 heteroatoms. The zero-order valence-corrected chi connectivity index (χ0v) is 31.1. The first-order valence-corrected chi connectivity index (χ1v) is 20.3. The van der Waals surface area contributed by atoms with Gasteiger partial charge in [0.25, 0.3) is 0 Å². The number of unbranched alkanes of at least 4 members (excludes halogenated alkanes) is 4. The van der Waals surface area contributed by atoms with Crippen molar-refractivity contribution < 1.29 is 9.47 Å². The summed E-state index contributed by atoms with van der Waals surface area (Å²) >= 11 is 0. The van der Waals surface area contributed by atoms with Crippen LogP contribution in [0.5, 0.6) is 11.5 Å². The van der Waals surface area contributed by atoms with E-state index in [1.165, 1.54) is 63.1 Å². The first kappa shape index (κ1) is 35.3. The van der Waals surface area contributed by atoms with E-state index in [-0.39, 0.29) is 0 Å². The van der Waals surface area contributed by atoms with Crippen LogP contribution in [0.15, 0.2) is 158 Å². The Kier molecular flexibility index (Phi) is 12.7. The summed E-state index contributed by atoms with van der Waals surface area (Å²) in [5.41, 5.74) is 3.45. The molecule has 0 aliphatic rings. The zero-order valence-electron chi connectivity index (χ0n) is 29.3. The number of methoxy groups -OCH3 is 2. The Bertz CT molecular complexity index is 1930. The molecule has 1 atom stereocenters. The van der Waals surface area contributed by atoms with Crippen LogP contribution in [-0.2, 0) is 0 Å². The molecular formula is C46H46O2P2. The van der Waals surface area contributed by atoms with Crippen LogP contribution < -0.4 is 41.3 Å². The van der Waals surface area contributed by atoms with Gasteiger partial charge in [0, 0.05) is 11.1 Å². The van der Waals surface area contributed by atoms with Gasteiger partial charge in [0.1, 0.15) is 11.5 Å². The van der Waals surface area contributed by atoms with Gasteiger partial charge in [-0.15, -0.1) is 0 Å². The molecule has 0 amide bonds. The first-order chi connectivity index (χ1) is 24.7. The summed E-state index contributed by atoms with van der Waals surface area (Å²) in [6.45, 7) is 2.27. The van der Waals surface area contributed by atoms with Crippen molar-refractivity contribution in [3.05, 3.63) is 163 Å². The van der Waals surface area contributed by atoms with Crippen LogP contribution in [0.2, 0.25) is 0 Å². The molecule has 0 aliphatic carbocycles. The van der Waals surface area contributed by atoms with Crippen molar-refractivity contribution >= 4 is 53.7 Å². The van der Waals surface area contributed by atoms with Gasteiger partial charge in [0.05, 0.1) is 14.2 Å². The lowest BCUT2D eigenvalue weighted by Crippen LogP contribution is -2.27. The van der Waals surface area contributed by atoms with Crippen LogP contribution in [0.25, 0.3) is 17.2 Å². The molecule has 2 nitrogen and oxygen atoms in total. The van der Waals surface area contributed by atoms with E-state index in [0.717, 1.165) is 29.0 Å². The molecule has 0 aromatic heterocycles. The van der Waals surface area contributed by atoms with Gasteiger partial charge in [-0.2, -0.15) is 0 Å². The first-order valence-electron chi connectivity index (χ1n) is 17.6. The van der Waals surface area contributed by atoms with Crippen molar-refractivity contribution in [2.24, 2.45) is 0 Å². The number of benzene rings is 6. The summed E-state index contributed by atoms with van der Waals surface area (Å²) in [4.78, 5) is 0. The van der Waals surface area contributed by atoms with Crippen molar-refractivity contribution in [1.82, 2.24) is 0 Å². The molecule has 0 bridgehead atoms. The van der Waals surface area contributed by atoms with E-state index in [1.807, 2.05) is 0 Å². The minimum atomic E-state index is -1.00. The van der Waals surface area contributed by atoms with Gasteiger partial charge in [-0.3, -0.25) is 0 Å². The summed E-state index contributed by atoms with van der Waals surface area (Å²) < 4.78 is 12.6. The van der Waals surface area contributed by atoms with E-state index >= 15 is 0 Å². The Morgan fingerprint density at radius 2 is 0.920 bits per heavy atom. The second-order valence-corrected chi connectivity index (χ2v) is 16.5. The van der Waals surface area contributed by atoms with Crippen LogP contribution in [0.4, 0.5) is 0 Å². The average Bonchev–Trinajstić information content (AvgIpc) is 3.18. The molecule has 0 N–H and O–H groups in total. The normalized spacial score (nSPS) is 11.9. The molecule has 0 aliphatic heterocycles. The maximum atomic E-state index is 6.30. The lowest BCUT2D eigenvalue weighted by atomic mass is 10.0. The largest absolute Gasteiger partial charge is 0.496 e.